The molecule has 0 bridgehead atoms. The van der Waals surface area contributed by atoms with Crippen molar-refractivity contribution in [1.29, 1.82) is 0 Å². The lowest BCUT2D eigenvalue weighted by atomic mass is 10.2. The largest absolute Gasteiger partial charge is 0.466 e. The van der Waals surface area contributed by atoms with E-state index in [0.717, 1.165) is 17.0 Å². The van der Waals surface area contributed by atoms with Crippen molar-refractivity contribution in [1.82, 2.24) is 10.5 Å². The van der Waals surface area contributed by atoms with E-state index in [1.54, 1.807) is 6.92 Å². The van der Waals surface area contributed by atoms with Crippen LogP contribution in [0.2, 0.25) is 0 Å². The van der Waals surface area contributed by atoms with Gasteiger partial charge in [-0.3, -0.25) is 9.59 Å². The van der Waals surface area contributed by atoms with Crippen LogP contribution in [0.3, 0.4) is 0 Å². The smallest absolute Gasteiger partial charge is 0.307 e. The number of aromatic nitrogens is 1. The Bertz CT molecular complexity index is 440. The van der Waals surface area contributed by atoms with Gasteiger partial charge in [0.05, 0.1) is 24.5 Å². The van der Waals surface area contributed by atoms with Crippen LogP contribution in [0.5, 0.6) is 0 Å². The lowest BCUT2D eigenvalue weighted by Gasteiger charge is -2.05. The first-order chi connectivity index (χ1) is 9.54. The van der Waals surface area contributed by atoms with E-state index in [9.17, 15) is 9.59 Å². The summed E-state index contributed by atoms with van der Waals surface area (Å²) in [6, 6.07) is 0. The molecule has 1 N–H and O–H groups in total. The lowest BCUT2D eigenvalue weighted by molar-refractivity contribution is -0.142. The fraction of sp³-hybridized carbons (Fsp3) is 0.615. The van der Waals surface area contributed by atoms with Gasteiger partial charge in [0, 0.05) is 17.9 Å². The van der Waals surface area contributed by atoms with Crippen LogP contribution >= 0.6 is 11.8 Å². The predicted molar refractivity (Wildman–Crippen MR) is 76.4 cm³/mol. The summed E-state index contributed by atoms with van der Waals surface area (Å²) in [4.78, 5) is 22.6. The first kappa shape index (κ1) is 16.6. The maximum Gasteiger partial charge on any atom is 0.307 e. The summed E-state index contributed by atoms with van der Waals surface area (Å²) in [7, 11) is 0. The maximum atomic E-state index is 11.6. The van der Waals surface area contributed by atoms with Crippen molar-refractivity contribution < 1.29 is 18.8 Å². The monoisotopic (exact) mass is 300 g/mol. The highest BCUT2D eigenvalue weighted by molar-refractivity contribution is 7.99. The molecular formula is C13H20N2O4S. The second-order valence-corrected chi connectivity index (χ2v) is 5.19. The van der Waals surface area contributed by atoms with E-state index in [4.69, 9.17) is 9.26 Å². The average Bonchev–Trinajstić information content (AvgIpc) is 2.70. The molecule has 1 rings (SSSR count). The number of hydrogen-bond donors (Lipinski definition) is 1. The summed E-state index contributed by atoms with van der Waals surface area (Å²) in [6.45, 7) is 6.16. The summed E-state index contributed by atoms with van der Waals surface area (Å²) in [5.41, 5.74) is 1.90. The van der Waals surface area contributed by atoms with Gasteiger partial charge in [-0.2, -0.15) is 0 Å². The molecule has 1 aromatic rings. The normalized spacial score (nSPS) is 10.3. The minimum atomic E-state index is -0.295. The van der Waals surface area contributed by atoms with Gasteiger partial charge in [0.1, 0.15) is 5.76 Å². The number of rotatable bonds is 8. The Labute approximate surface area is 122 Å². The first-order valence-corrected chi connectivity index (χ1v) is 7.61. The molecule has 0 spiro atoms. The van der Waals surface area contributed by atoms with Crippen molar-refractivity contribution in [2.75, 3.05) is 18.9 Å². The van der Waals surface area contributed by atoms with Crippen molar-refractivity contribution in [3.05, 3.63) is 17.0 Å². The summed E-state index contributed by atoms with van der Waals surface area (Å²) in [6.07, 6.45) is 0.202. The van der Waals surface area contributed by atoms with E-state index in [1.165, 1.54) is 11.8 Å². The van der Waals surface area contributed by atoms with Crippen molar-refractivity contribution in [3.63, 3.8) is 0 Å². The van der Waals surface area contributed by atoms with E-state index in [-0.39, 0.29) is 18.3 Å². The number of hydrogen-bond acceptors (Lipinski definition) is 6. The zero-order chi connectivity index (χ0) is 15.0. The topological polar surface area (TPSA) is 81.4 Å². The SMILES string of the molecule is CCOC(=O)CCNC(=O)CSCc1c(C)noc1C. The van der Waals surface area contributed by atoms with Crippen LogP contribution in [0.4, 0.5) is 0 Å². The van der Waals surface area contributed by atoms with Crippen LogP contribution in [0.15, 0.2) is 4.52 Å². The molecule has 6 nitrogen and oxygen atoms in total. The number of nitrogens with one attached hydrogen (secondary N) is 1. The number of aryl methyl sites for hydroxylation is 2. The van der Waals surface area contributed by atoms with Crippen LogP contribution in [0.1, 0.15) is 30.4 Å². The van der Waals surface area contributed by atoms with Gasteiger partial charge in [-0.15, -0.1) is 11.8 Å². The Kier molecular flexibility index (Phi) is 7.14. The number of amides is 1. The molecule has 0 aliphatic carbocycles. The second kappa shape index (κ2) is 8.63. The molecule has 112 valence electrons. The van der Waals surface area contributed by atoms with Crippen molar-refractivity contribution in [3.8, 4) is 0 Å². The molecule has 0 unspecified atom stereocenters. The van der Waals surface area contributed by atoms with Gasteiger partial charge in [-0.05, 0) is 20.8 Å². The molecule has 0 radical (unpaired) electrons. The Morgan fingerprint density at radius 2 is 2.15 bits per heavy atom. The van der Waals surface area contributed by atoms with Gasteiger partial charge in [0.15, 0.2) is 0 Å². The second-order valence-electron chi connectivity index (χ2n) is 4.20. The molecule has 0 atom stereocenters. The molecule has 1 aromatic heterocycles. The molecule has 0 aliphatic rings. The Balaban J connectivity index is 2.16. The predicted octanol–water partition coefficient (Wildman–Crippen LogP) is 1.59. The Morgan fingerprint density at radius 1 is 1.40 bits per heavy atom. The third-order valence-corrected chi connectivity index (χ3v) is 3.58. The van der Waals surface area contributed by atoms with Crippen molar-refractivity contribution >= 4 is 23.6 Å². The molecule has 7 heteroatoms. The van der Waals surface area contributed by atoms with E-state index in [1.807, 2.05) is 13.8 Å². The van der Waals surface area contributed by atoms with Crippen molar-refractivity contribution in [2.24, 2.45) is 0 Å². The van der Waals surface area contributed by atoms with Gasteiger partial charge < -0.3 is 14.6 Å². The zero-order valence-electron chi connectivity index (χ0n) is 12.0. The third-order valence-electron chi connectivity index (χ3n) is 2.62. The number of nitrogens with zero attached hydrogens (tertiary/aromatic N) is 1. The van der Waals surface area contributed by atoms with Crippen LogP contribution in [0, 0.1) is 13.8 Å². The van der Waals surface area contributed by atoms with Crippen LogP contribution in [-0.2, 0) is 20.1 Å². The lowest BCUT2D eigenvalue weighted by Crippen LogP contribution is -2.28. The highest BCUT2D eigenvalue weighted by atomic mass is 32.2. The quantitative estimate of drug-likeness (QED) is 0.734. The number of esters is 1. The maximum absolute atomic E-state index is 11.6. The van der Waals surface area contributed by atoms with Gasteiger partial charge in [0.2, 0.25) is 5.91 Å². The van der Waals surface area contributed by atoms with Gasteiger partial charge >= 0.3 is 5.97 Å². The molecular weight excluding hydrogens is 280 g/mol. The summed E-state index contributed by atoms with van der Waals surface area (Å²) in [5, 5.41) is 6.54. The summed E-state index contributed by atoms with van der Waals surface area (Å²) >= 11 is 1.49. The van der Waals surface area contributed by atoms with Gasteiger partial charge in [0.25, 0.3) is 0 Å². The fourth-order valence-electron chi connectivity index (χ4n) is 1.54. The molecule has 1 amide bonds. The number of carbonyl (C=O) groups is 2. The summed E-state index contributed by atoms with van der Waals surface area (Å²) in [5.74, 6) is 1.43. The standard InChI is InChI=1S/C13H20N2O4S/c1-4-18-13(17)5-6-14-12(16)8-20-7-11-9(2)15-19-10(11)3/h4-8H2,1-3H3,(H,14,16). The number of carbonyl (C=O) groups excluding carboxylic acids is 2. The zero-order valence-corrected chi connectivity index (χ0v) is 12.8. The highest BCUT2D eigenvalue weighted by Gasteiger charge is 2.10. The molecule has 20 heavy (non-hydrogen) atoms. The highest BCUT2D eigenvalue weighted by Crippen LogP contribution is 2.19. The summed E-state index contributed by atoms with van der Waals surface area (Å²) < 4.78 is 9.82. The average molecular weight is 300 g/mol. The van der Waals surface area contributed by atoms with E-state index in [2.05, 4.69) is 10.5 Å². The van der Waals surface area contributed by atoms with E-state index >= 15 is 0 Å². The Morgan fingerprint density at radius 3 is 2.75 bits per heavy atom. The first-order valence-electron chi connectivity index (χ1n) is 6.46. The van der Waals surface area contributed by atoms with Gasteiger partial charge in [-0.1, -0.05) is 5.16 Å². The van der Waals surface area contributed by atoms with Crippen LogP contribution in [0.25, 0.3) is 0 Å². The van der Waals surface area contributed by atoms with Crippen LogP contribution < -0.4 is 5.32 Å². The molecule has 0 aliphatic heterocycles. The minimum Gasteiger partial charge on any atom is -0.466 e. The fourth-order valence-corrected chi connectivity index (χ4v) is 2.55. The van der Waals surface area contributed by atoms with E-state index < -0.39 is 0 Å². The van der Waals surface area contributed by atoms with E-state index in [0.29, 0.717) is 24.7 Å². The molecule has 0 fully saturated rings. The van der Waals surface area contributed by atoms with Gasteiger partial charge in [-0.25, -0.2) is 0 Å². The number of ether oxygens (including phenoxy) is 1. The third kappa shape index (κ3) is 5.64. The molecule has 0 aromatic carbocycles. The minimum absolute atomic E-state index is 0.0916. The molecule has 0 saturated heterocycles. The number of thioether (sulfide) groups is 1. The van der Waals surface area contributed by atoms with Crippen molar-refractivity contribution in [2.45, 2.75) is 32.9 Å². The van der Waals surface area contributed by atoms with Crippen LogP contribution in [-0.4, -0.2) is 35.9 Å². The Hall–Kier alpha value is -1.50. The molecule has 1 heterocycles. The molecule has 0 saturated carbocycles.